The van der Waals surface area contributed by atoms with Gasteiger partial charge in [0, 0.05) is 19.0 Å². The van der Waals surface area contributed by atoms with Gasteiger partial charge in [-0.05, 0) is 25.7 Å². The van der Waals surface area contributed by atoms with Crippen molar-refractivity contribution >= 4 is 5.84 Å². The molecule has 1 fully saturated rings. The number of hydrogen-bond acceptors (Lipinski definition) is 1. The van der Waals surface area contributed by atoms with Gasteiger partial charge in [0.15, 0.2) is 0 Å². The van der Waals surface area contributed by atoms with Gasteiger partial charge in [-0.2, -0.15) is 0 Å². The van der Waals surface area contributed by atoms with E-state index in [0.717, 1.165) is 18.8 Å². The molecule has 15 heavy (non-hydrogen) atoms. The van der Waals surface area contributed by atoms with Crippen molar-refractivity contribution in [2.45, 2.75) is 71.3 Å². The Bertz CT molecular complexity index is 189. The Hall–Kier alpha value is -0.530. The Morgan fingerprint density at radius 1 is 1.20 bits per heavy atom. The molecule has 1 heterocycles. The molecule has 0 aromatic heterocycles. The zero-order chi connectivity index (χ0) is 11.1. The van der Waals surface area contributed by atoms with E-state index in [-0.39, 0.29) is 0 Å². The van der Waals surface area contributed by atoms with Crippen LogP contribution in [-0.4, -0.2) is 23.3 Å². The van der Waals surface area contributed by atoms with E-state index in [9.17, 15) is 0 Å². The average molecular weight is 210 g/mol. The van der Waals surface area contributed by atoms with Crippen LogP contribution in [0, 0.1) is 5.41 Å². The summed E-state index contributed by atoms with van der Waals surface area (Å²) in [6.07, 6.45) is 9.91. The van der Waals surface area contributed by atoms with Gasteiger partial charge < -0.3 is 4.90 Å². The maximum atomic E-state index is 8.02. The number of unbranched alkanes of at least 4 members (excludes halogenated alkanes) is 1. The van der Waals surface area contributed by atoms with Crippen LogP contribution in [0.4, 0.5) is 0 Å². The molecule has 1 atom stereocenters. The lowest BCUT2D eigenvalue weighted by Crippen LogP contribution is -2.42. The van der Waals surface area contributed by atoms with Crippen molar-refractivity contribution in [3.05, 3.63) is 0 Å². The van der Waals surface area contributed by atoms with Crippen molar-refractivity contribution in [2.24, 2.45) is 0 Å². The Morgan fingerprint density at radius 2 is 2.00 bits per heavy atom. The monoisotopic (exact) mass is 210 g/mol. The topological polar surface area (TPSA) is 27.1 Å². The van der Waals surface area contributed by atoms with Crippen molar-refractivity contribution in [1.82, 2.24) is 4.90 Å². The van der Waals surface area contributed by atoms with Gasteiger partial charge in [-0.25, -0.2) is 0 Å². The summed E-state index contributed by atoms with van der Waals surface area (Å²) in [5.74, 6) is 0.899. The fourth-order valence-electron chi connectivity index (χ4n) is 2.49. The Labute approximate surface area is 94.6 Å². The first kappa shape index (κ1) is 12.5. The Balaban J connectivity index is 2.47. The summed E-state index contributed by atoms with van der Waals surface area (Å²) in [6.45, 7) is 5.64. The van der Waals surface area contributed by atoms with Crippen molar-refractivity contribution in [1.29, 1.82) is 5.41 Å². The predicted molar refractivity (Wildman–Crippen MR) is 66.5 cm³/mol. The molecular formula is C13H26N2. The zero-order valence-electron chi connectivity index (χ0n) is 10.4. The number of piperidine rings is 1. The second-order valence-electron chi connectivity index (χ2n) is 4.68. The van der Waals surface area contributed by atoms with E-state index in [2.05, 4.69) is 18.7 Å². The van der Waals surface area contributed by atoms with E-state index in [1.54, 1.807) is 0 Å². The number of nitrogens with zero attached hydrogens (tertiary/aromatic N) is 1. The van der Waals surface area contributed by atoms with E-state index in [4.69, 9.17) is 5.41 Å². The molecule has 1 saturated heterocycles. The minimum atomic E-state index is 0.655. The van der Waals surface area contributed by atoms with Gasteiger partial charge in [0.05, 0.1) is 5.84 Å². The van der Waals surface area contributed by atoms with Gasteiger partial charge >= 0.3 is 0 Å². The van der Waals surface area contributed by atoms with Gasteiger partial charge in [0.2, 0.25) is 0 Å². The molecule has 88 valence electrons. The molecule has 2 heteroatoms. The van der Waals surface area contributed by atoms with Crippen molar-refractivity contribution in [3.8, 4) is 0 Å². The highest BCUT2D eigenvalue weighted by Crippen LogP contribution is 2.20. The minimum Gasteiger partial charge on any atom is -0.358 e. The standard InChI is InChI=1S/C13H26N2/c1-3-5-9-12(8-4-2)15-11-7-6-10-13(15)14/h12,14H,3-11H2,1-2H3. The van der Waals surface area contributed by atoms with Crippen molar-refractivity contribution < 1.29 is 0 Å². The lowest BCUT2D eigenvalue weighted by molar-refractivity contribution is 0.248. The summed E-state index contributed by atoms with van der Waals surface area (Å²) in [5, 5.41) is 8.02. The normalized spacial score (nSPS) is 19.3. The van der Waals surface area contributed by atoms with Gasteiger partial charge in [-0.3, -0.25) is 5.41 Å². The van der Waals surface area contributed by atoms with Gasteiger partial charge in [-0.15, -0.1) is 0 Å². The summed E-state index contributed by atoms with van der Waals surface area (Å²) >= 11 is 0. The molecule has 1 unspecified atom stereocenters. The predicted octanol–water partition coefficient (Wildman–Crippen LogP) is 3.81. The van der Waals surface area contributed by atoms with Crippen LogP contribution in [0.25, 0.3) is 0 Å². The van der Waals surface area contributed by atoms with E-state index in [0.29, 0.717) is 6.04 Å². The van der Waals surface area contributed by atoms with Crippen LogP contribution in [0.2, 0.25) is 0 Å². The molecule has 0 aliphatic carbocycles. The molecule has 1 aliphatic rings. The molecule has 0 radical (unpaired) electrons. The second-order valence-corrected chi connectivity index (χ2v) is 4.68. The van der Waals surface area contributed by atoms with Crippen LogP contribution in [-0.2, 0) is 0 Å². The molecule has 1 rings (SSSR count). The summed E-state index contributed by atoms with van der Waals surface area (Å²) in [5.41, 5.74) is 0. The van der Waals surface area contributed by atoms with Crippen LogP contribution in [0.15, 0.2) is 0 Å². The van der Waals surface area contributed by atoms with E-state index in [1.807, 2.05) is 0 Å². The lowest BCUT2D eigenvalue weighted by atomic mass is 9.99. The molecule has 1 aliphatic heterocycles. The van der Waals surface area contributed by atoms with Crippen LogP contribution < -0.4 is 0 Å². The summed E-state index contributed by atoms with van der Waals surface area (Å²) in [4.78, 5) is 2.38. The smallest absolute Gasteiger partial charge is 0.0960 e. The molecule has 1 N–H and O–H groups in total. The summed E-state index contributed by atoms with van der Waals surface area (Å²) in [6, 6.07) is 0.655. The first-order valence-corrected chi connectivity index (χ1v) is 6.63. The molecule has 2 nitrogen and oxygen atoms in total. The van der Waals surface area contributed by atoms with Gasteiger partial charge in [-0.1, -0.05) is 33.1 Å². The highest BCUT2D eigenvalue weighted by molar-refractivity contribution is 5.80. The molecule has 0 spiro atoms. The van der Waals surface area contributed by atoms with E-state index < -0.39 is 0 Å². The number of hydrogen-bond donors (Lipinski definition) is 1. The number of rotatable bonds is 6. The van der Waals surface area contributed by atoms with Gasteiger partial charge in [0.25, 0.3) is 0 Å². The molecule has 0 aromatic carbocycles. The third-order valence-electron chi connectivity index (χ3n) is 3.36. The fourth-order valence-corrected chi connectivity index (χ4v) is 2.49. The third-order valence-corrected chi connectivity index (χ3v) is 3.36. The Kier molecular flexibility index (Phi) is 5.74. The zero-order valence-corrected chi connectivity index (χ0v) is 10.4. The SMILES string of the molecule is CCCCC(CCC)N1CCCCC1=N. The number of nitrogens with one attached hydrogen (secondary N) is 1. The minimum absolute atomic E-state index is 0.655. The summed E-state index contributed by atoms with van der Waals surface area (Å²) < 4.78 is 0. The first-order chi connectivity index (χ1) is 7.29. The van der Waals surface area contributed by atoms with Crippen LogP contribution in [0.3, 0.4) is 0 Å². The average Bonchev–Trinajstić information content (AvgIpc) is 2.25. The largest absolute Gasteiger partial charge is 0.358 e. The Morgan fingerprint density at radius 3 is 2.60 bits per heavy atom. The van der Waals surface area contributed by atoms with Crippen molar-refractivity contribution in [2.75, 3.05) is 6.54 Å². The number of likely N-dealkylation sites (tertiary alicyclic amines) is 1. The molecule has 0 amide bonds. The number of amidine groups is 1. The second kappa shape index (κ2) is 6.86. The molecule has 0 bridgehead atoms. The van der Waals surface area contributed by atoms with E-state index in [1.165, 1.54) is 44.9 Å². The fraction of sp³-hybridized carbons (Fsp3) is 0.923. The quantitative estimate of drug-likeness (QED) is 0.709. The van der Waals surface area contributed by atoms with Crippen LogP contribution in [0.5, 0.6) is 0 Å². The van der Waals surface area contributed by atoms with Crippen molar-refractivity contribution in [3.63, 3.8) is 0 Å². The lowest BCUT2D eigenvalue weighted by Gasteiger charge is -2.37. The highest BCUT2D eigenvalue weighted by Gasteiger charge is 2.22. The maximum Gasteiger partial charge on any atom is 0.0960 e. The maximum absolute atomic E-state index is 8.02. The van der Waals surface area contributed by atoms with Crippen LogP contribution >= 0.6 is 0 Å². The highest BCUT2D eigenvalue weighted by atomic mass is 15.2. The van der Waals surface area contributed by atoms with Gasteiger partial charge in [0.1, 0.15) is 0 Å². The summed E-state index contributed by atoms with van der Waals surface area (Å²) in [7, 11) is 0. The van der Waals surface area contributed by atoms with E-state index >= 15 is 0 Å². The third kappa shape index (κ3) is 3.84. The molecule has 0 aromatic rings. The molecular weight excluding hydrogens is 184 g/mol. The van der Waals surface area contributed by atoms with Crippen LogP contribution in [0.1, 0.15) is 65.2 Å². The first-order valence-electron chi connectivity index (χ1n) is 6.63. The molecule has 0 saturated carbocycles.